The Bertz CT molecular complexity index is 499. The molecule has 0 bridgehead atoms. The van der Waals surface area contributed by atoms with Gasteiger partial charge in [-0.25, -0.2) is 9.97 Å². The Kier molecular flexibility index (Phi) is 4.93. The van der Waals surface area contributed by atoms with Gasteiger partial charge in [0.1, 0.15) is 11.6 Å². The third-order valence-electron chi connectivity index (χ3n) is 4.84. The van der Waals surface area contributed by atoms with Crippen LogP contribution >= 0.6 is 0 Å². The molecule has 2 fully saturated rings. The Morgan fingerprint density at radius 3 is 2.73 bits per heavy atom. The summed E-state index contributed by atoms with van der Waals surface area (Å²) < 4.78 is 5.49. The largest absolute Gasteiger partial charge is 0.381 e. The lowest BCUT2D eigenvalue weighted by Gasteiger charge is -2.31. The second-order valence-corrected chi connectivity index (χ2v) is 6.80. The van der Waals surface area contributed by atoms with Gasteiger partial charge in [0.05, 0.1) is 11.7 Å². The van der Waals surface area contributed by atoms with E-state index >= 15 is 0 Å². The molecule has 0 aliphatic carbocycles. The van der Waals surface area contributed by atoms with Crippen LogP contribution in [0.2, 0.25) is 0 Å². The van der Waals surface area contributed by atoms with E-state index in [0.29, 0.717) is 6.04 Å². The van der Waals surface area contributed by atoms with Crippen LogP contribution in [-0.4, -0.2) is 55.3 Å². The summed E-state index contributed by atoms with van der Waals surface area (Å²) in [6.07, 6.45) is 4.89. The number of ether oxygens (including phenoxy) is 1. The summed E-state index contributed by atoms with van der Waals surface area (Å²) in [5.41, 5.74) is 1.20. The number of rotatable bonds is 4. The molecule has 0 spiro atoms. The van der Waals surface area contributed by atoms with Crippen molar-refractivity contribution in [3.05, 3.63) is 17.6 Å². The molecule has 1 aromatic heterocycles. The van der Waals surface area contributed by atoms with Crippen LogP contribution in [0.4, 0.5) is 5.82 Å². The van der Waals surface area contributed by atoms with Gasteiger partial charge in [0, 0.05) is 39.9 Å². The van der Waals surface area contributed by atoms with Crippen molar-refractivity contribution in [3.63, 3.8) is 0 Å². The van der Waals surface area contributed by atoms with Crippen molar-refractivity contribution in [3.8, 4) is 0 Å². The number of anilines is 1. The third-order valence-corrected chi connectivity index (χ3v) is 4.84. The second-order valence-electron chi connectivity index (χ2n) is 6.80. The second kappa shape index (κ2) is 6.92. The van der Waals surface area contributed by atoms with Gasteiger partial charge >= 0.3 is 0 Å². The highest BCUT2D eigenvalue weighted by molar-refractivity contribution is 5.38. The summed E-state index contributed by atoms with van der Waals surface area (Å²) in [7, 11) is 4.08. The number of nitrogens with zero attached hydrogens (tertiary/aromatic N) is 4. The topological polar surface area (TPSA) is 41.5 Å². The summed E-state index contributed by atoms with van der Waals surface area (Å²) in [5.74, 6) is 2.67. The zero-order valence-electron chi connectivity index (χ0n) is 14.1. The first-order valence-corrected chi connectivity index (χ1v) is 8.48. The predicted octanol–water partition coefficient (Wildman–Crippen LogP) is 2.41. The van der Waals surface area contributed by atoms with E-state index in [1.807, 2.05) is 21.0 Å². The van der Waals surface area contributed by atoms with Crippen molar-refractivity contribution in [1.29, 1.82) is 0 Å². The standard InChI is InChI=1S/C17H28N4O/c1-13-18-15(11-17(19-13)20(2)3)16-5-4-8-21(16)12-14-6-9-22-10-7-14/h11,14,16H,4-10,12H2,1-3H3. The summed E-state index contributed by atoms with van der Waals surface area (Å²) >= 11 is 0. The van der Waals surface area contributed by atoms with E-state index in [0.717, 1.165) is 30.8 Å². The van der Waals surface area contributed by atoms with Crippen LogP contribution in [0.1, 0.15) is 43.2 Å². The molecule has 1 unspecified atom stereocenters. The van der Waals surface area contributed by atoms with Crippen LogP contribution in [0.25, 0.3) is 0 Å². The summed E-state index contributed by atoms with van der Waals surface area (Å²) in [4.78, 5) is 14.0. The number of aromatic nitrogens is 2. The maximum absolute atomic E-state index is 5.49. The van der Waals surface area contributed by atoms with Gasteiger partial charge in [0.15, 0.2) is 0 Å². The highest BCUT2D eigenvalue weighted by Crippen LogP contribution is 2.33. The molecule has 3 heterocycles. The molecule has 2 aliphatic heterocycles. The Morgan fingerprint density at radius 1 is 1.23 bits per heavy atom. The van der Waals surface area contributed by atoms with E-state index < -0.39 is 0 Å². The average Bonchev–Trinajstić information content (AvgIpc) is 2.96. The highest BCUT2D eigenvalue weighted by atomic mass is 16.5. The van der Waals surface area contributed by atoms with Gasteiger partial charge in [-0.1, -0.05) is 0 Å². The van der Waals surface area contributed by atoms with Crippen molar-refractivity contribution >= 4 is 5.82 Å². The van der Waals surface area contributed by atoms with Crippen LogP contribution in [0.15, 0.2) is 6.07 Å². The molecule has 2 saturated heterocycles. The van der Waals surface area contributed by atoms with Crippen molar-refractivity contribution in [2.75, 3.05) is 45.3 Å². The molecular formula is C17H28N4O. The third kappa shape index (κ3) is 3.58. The zero-order chi connectivity index (χ0) is 15.5. The first kappa shape index (κ1) is 15.7. The van der Waals surface area contributed by atoms with Crippen molar-refractivity contribution in [2.45, 2.75) is 38.6 Å². The molecule has 0 saturated carbocycles. The zero-order valence-corrected chi connectivity index (χ0v) is 14.1. The van der Waals surface area contributed by atoms with Crippen molar-refractivity contribution in [1.82, 2.24) is 14.9 Å². The molecule has 0 aromatic carbocycles. The monoisotopic (exact) mass is 304 g/mol. The molecule has 0 radical (unpaired) electrons. The molecular weight excluding hydrogens is 276 g/mol. The van der Waals surface area contributed by atoms with E-state index in [4.69, 9.17) is 9.72 Å². The Hall–Kier alpha value is -1.20. The maximum Gasteiger partial charge on any atom is 0.132 e. The van der Waals surface area contributed by atoms with Crippen LogP contribution in [0.5, 0.6) is 0 Å². The van der Waals surface area contributed by atoms with Gasteiger partial charge in [-0.2, -0.15) is 0 Å². The first-order chi connectivity index (χ1) is 10.6. The lowest BCUT2D eigenvalue weighted by atomic mass is 9.99. The van der Waals surface area contributed by atoms with Crippen LogP contribution in [-0.2, 0) is 4.74 Å². The average molecular weight is 304 g/mol. The molecule has 5 heteroatoms. The molecule has 2 aliphatic rings. The minimum atomic E-state index is 0.461. The Morgan fingerprint density at radius 2 is 2.00 bits per heavy atom. The predicted molar refractivity (Wildman–Crippen MR) is 88.2 cm³/mol. The van der Waals surface area contributed by atoms with E-state index in [2.05, 4.69) is 20.9 Å². The van der Waals surface area contributed by atoms with Crippen LogP contribution in [0, 0.1) is 12.8 Å². The lowest BCUT2D eigenvalue weighted by Crippen LogP contribution is -2.32. The summed E-state index contributed by atoms with van der Waals surface area (Å²) in [6, 6.07) is 2.63. The molecule has 5 nitrogen and oxygen atoms in total. The molecule has 3 rings (SSSR count). The molecule has 0 N–H and O–H groups in total. The smallest absolute Gasteiger partial charge is 0.132 e. The minimum absolute atomic E-state index is 0.461. The van der Waals surface area contributed by atoms with Gasteiger partial charge in [0.25, 0.3) is 0 Å². The van der Waals surface area contributed by atoms with Gasteiger partial charge in [-0.3, -0.25) is 4.90 Å². The van der Waals surface area contributed by atoms with E-state index in [1.165, 1.54) is 44.5 Å². The maximum atomic E-state index is 5.49. The van der Waals surface area contributed by atoms with E-state index in [9.17, 15) is 0 Å². The molecule has 22 heavy (non-hydrogen) atoms. The lowest BCUT2D eigenvalue weighted by molar-refractivity contribution is 0.0504. The van der Waals surface area contributed by atoms with E-state index in [-0.39, 0.29) is 0 Å². The molecule has 122 valence electrons. The number of aryl methyl sites for hydroxylation is 1. The fraction of sp³-hybridized carbons (Fsp3) is 0.765. The van der Waals surface area contributed by atoms with E-state index in [1.54, 1.807) is 0 Å². The van der Waals surface area contributed by atoms with Crippen molar-refractivity contribution < 1.29 is 4.74 Å². The Labute approximate surface area is 133 Å². The van der Waals surface area contributed by atoms with Crippen molar-refractivity contribution in [2.24, 2.45) is 5.92 Å². The van der Waals surface area contributed by atoms with Gasteiger partial charge in [-0.05, 0) is 45.1 Å². The highest BCUT2D eigenvalue weighted by Gasteiger charge is 2.30. The number of hydrogen-bond acceptors (Lipinski definition) is 5. The number of likely N-dealkylation sites (tertiary alicyclic amines) is 1. The molecule has 1 aromatic rings. The number of hydrogen-bond donors (Lipinski definition) is 0. The van der Waals surface area contributed by atoms with Gasteiger partial charge in [0.2, 0.25) is 0 Å². The van der Waals surface area contributed by atoms with Gasteiger partial charge in [-0.15, -0.1) is 0 Å². The normalized spacial score (nSPS) is 23.9. The first-order valence-electron chi connectivity index (χ1n) is 8.48. The fourth-order valence-electron chi connectivity index (χ4n) is 3.61. The summed E-state index contributed by atoms with van der Waals surface area (Å²) in [5, 5.41) is 0. The van der Waals surface area contributed by atoms with Crippen LogP contribution in [0.3, 0.4) is 0 Å². The SMILES string of the molecule is Cc1nc(C2CCCN2CC2CCOCC2)cc(N(C)C)n1. The Balaban J connectivity index is 1.74. The minimum Gasteiger partial charge on any atom is -0.381 e. The molecule has 0 amide bonds. The molecule has 1 atom stereocenters. The fourth-order valence-corrected chi connectivity index (χ4v) is 3.61. The summed E-state index contributed by atoms with van der Waals surface area (Å²) in [6.45, 7) is 6.24. The quantitative estimate of drug-likeness (QED) is 0.854. The van der Waals surface area contributed by atoms with Crippen LogP contribution < -0.4 is 4.90 Å². The van der Waals surface area contributed by atoms with Gasteiger partial charge < -0.3 is 9.64 Å².